The summed E-state index contributed by atoms with van der Waals surface area (Å²) in [6.45, 7) is 11.6. The number of carbonyl (C=O) groups excluding carboxylic acids is 1. The number of carbonyl (C=O) groups is 2. The molecule has 0 aliphatic carbocycles. The van der Waals surface area contributed by atoms with E-state index in [9.17, 15) is 9.59 Å². The number of rotatable bonds is 41. The molecule has 47 heavy (non-hydrogen) atoms. The van der Waals surface area contributed by atoms with E-state index in [2.05, 4.69) is 6.92 Å². The normalized spacial score (nSPS) is 11.3. The van der Waals surface area contributed by atoms with E-state index in [4.69, 9.17) is 52.5 Å². The minimum Gasteiger partial charge on any atom is -0.481 e. The van der Waals surface area contributed by atoms with E-state index < -0.39 is 5.97 Å². The smallest absolute Gasteiger partial charge is 0.305 e. The molecule has 0 saturated carbocycles. The van der Waals surface area contributed by atoms with Crippen molar-refractivity contribution in [2.45, 2.75) is 84.0 Å². The second-order valence-corrected chi connectivity index (χ2v) is 10.8. The summed E-state index contributed by atoms with van der Waals surface area (Å²) >= 11 is 0. The van der Waals surface area contributed by atoms with Crippen molar-refractivity contribution >= 4 is 11.9 Å². The predicted octanol–water partition coefficient (Wildman–Crippen LogP) is 4.46. The second-order valence-electron chi connectivity index (χ2n) is 10.8. The van der Waals surface area contributed by atoms with Crippen molar-refractivity contribution in [3.05, 3.63) is 0 Å². The van der Waals surface area contributed by atoms with Crippen LogP contribution in [0.2, 0.25) is 0 Å². The molecule has 0 aliphatic rings. The lowest BCUT2D eigenvalue weighted by Crippen LogP contribution is -2.15. The minimum atomic E-state index is -0.860. The second kappa shape index (κ2) is 40.8. The van der Waals surface area contributed by atoms with Crippen LogP contribution < -0.4 is 0 Å². The van der Waals surface area contributed by atoms with Gasteiger partial charge >= 0.3 is 11.9 Å². The van der Waals surface area contributed by atoms with E-state index in [1.165, 1.54) is 44.9 Å². The number of aliphatic carboxylic acids is 1. The highest BCUT2D eigenvalue weighted by Crippen LogP contribution is 2.08. The van der Waals surface area contributed by atoms with E-state index in [0.29, 0.717) is 119 Å². The highest BCUT2D eigenvalue weighted by atomic mass is 16.6. The molecule has 0 fully saturated rings. The number of unbranched alkanes of at least 4 members (excludes halogenated alkanes) is 8. The Bertz CT molecular complexity index is 639. The largest absolute Gasteiger partial charge is 0.481 e. The first kappa shape index (κ1) is 45.6. The van der Waals surface area contributed by atoms with Gasteiger partial charge in [-0.05, 0) is 19.3 Å². The summed E-state index contributed by atoms with van der Waals surface area (Å²) in [5.41, 5.74) is 0. The van der Waals surface area contributed by atoms with Crippen molar-refractivity contribution in [2.75, 3.05) is 126 Å². The Labute approximate surface area is 283 Å². The zero-order chi connectivity index (χ0) is 34.1. The summed E-state index contributed by atoms with van der Waals surface area (Å²) in [7, 11) is 0. The van der Waals surface area contributed by atoms with Crippen molar-refractivity contribution < 1.29 is 62.1 Å². The molecule has 0 spiro atoms. The molecule has 0 saturated heterocycles. The molecule has 0 aromatic heterocycles. The molecule has 0 radical (unpaired) electrons. The first-order chi connectivity index (χ1) is 23.2. The van der Waals surface area contributed by atoms with Crippen molar-refractivity contribution in [2.24, 2.45) is 0 Å². The van der Waals surface area contributed by atoms with Gasteiger partial charge in [0.25, 0.3) is 0 Å². The first-order valence-electron chi connectivity index (χ1n) is 17.7. The standard InChI is InChI=1S/C34H66O13/c1-2-3-4-5-6-7-8-11-14-38-15-16-39-17-18-40-19-20-41-21-22-42-23-24-43-25-26-44-27-28-45-29-30-46-31-32-47-34(37)13-10-9-12-33(35)36/h2-32H2,1H3,(H,35,36). The van der Waals surface area contributed by atoms with Gasteiger partial charge in [0, 0.05) is 19.4 Å². The maximum absolute atomic E-state index is 11.5. The number of carboxylic acids is 1. The Hall–Kier alpha value is -1.42. The minimum absolute atomic E-state index is 0.0635. The van der Waals surface area contributed by atoms with Gasteiger partial charge in [-0.1, -0.05) is 51.9 Å². The molecule has 0 rings (SSSR count). The number of carboxylic acid groups (broad SMARTS) is 1. The lowest BCUT2D eigenvalue weighted by molar-refractivity contribution is -0.146. The summed E-state index contributed by atoms with van der Waals surface area (Å²) in [5, 5.41) is 8.55. The monoisotopic (exact) mass is 682 g/mol. The molecule has 0 heterocycles. The SMILES string of the molecule is CCCCCCCCCCOCCOCCOCCOCCOCCOCCOCCOCCOCCOC(=O)CCCCC(=O)O. The average molecular weight is 683 g/mol. The van der Waals surface area contributed by atoms with Crippen LogP contribution in [0.1, 0.15) is 84.0 Å². The lowest BCUT2D eigenvalue weighted by atomic mass is 10.1. The van der Waals surface area contributed by atoms with Gasteiger partial charge < -0.3 is 52.5 Å². The zero-order valence-electron chi connectivity index (χ0n) is 29.3. The Morgan fingerprint density at radius 1 is 0.362 bits per heavy atom. The van der Waals surface area contributed by atoms with E-state index >= 15 is 0 Å². The Balaban J connectivity index is 3.09. The third-order valence-corrected chi connectivity index (χ3v) is 6.63. The average Bonchev–Trinajstić information content (AvgIpc) is 3.06. The molecule has 0 amide bonds. The molecule has 0 atom stereocenters. The number of ether oxygens (including phenoxy) is 10. The summed E-state index contributed by atoms with van der Waals surface area (Å²) in [6.07, 6.45) is 11.7. The fourth-order valence-corrected chi connectivity index (χ4v) is 4.03. The Kier molecular flexibility index (Phi) is 39.5. The van der Waals surface area contributed by atoms with E-state index in [-0.39, 0.29) is 32.0 Å². The van der Waals surface area contributed by atoms with Gasteiger partial charge in [-0.25, -0.2) is 0 Å². The molecule has 0 aliphatic heterocycles. The van der Waals surface area contributed by atoms with Gasteiger partial charge in [-0.2, -0.15) is 0 Å². The molecular weight excluding hydrogens is 616 g/mol. The highest BCUT2D eigenvalue weighted by Gasteiger charge is 2.04. The summed E-state index contributed by atoms with van der Waals surface area (Å²) in [5.74, 6) is -1.20. The van der Waals surface area contributed by atoms with Crippen molar-refractivity contribution in [1.29, 1.82) is 0 Å². The molecule has 1 N–H and O–H groups in total. The van der Waals surface area contributed by atoms with Crippen molar-refractivity contribution in [3.63, 3.8) is 0 Å². The molecule has 13 nitrogen and oxygen atoms in total. The zero-order valence-corrected chi connectivity index (χ0v) is 29.3. The van der Waals surface area contributed by atoms with E-state index in [1.54, 1.807) is 0 Å². The van der Waals surface area contributed by atoms with Crippen LogP contribution in [-0.2, 0) is 57.0 Å². The van der Waals surface area contributed by atoms with Crippen LogP contribution in [0, 0.1) is 0 Å². The topological polar surface area (TPSA) is 147 Å². The fourth-order valence-electron chi connectivity index (χ4n) is 4.03. The van der Waals surface area contributed by atoms with Crippen LogP contribution in [0.4, 0.5) is 0 Å². The number of hydrogen-bond donors (Lipinski definition) is 1. The van der Waals surface area contributed by atoms with Crippen LogP contribution in [-0.4, -0.2) is 143 Å². The van der Waals surface area contributed by atoms with Gasteiger partial charge in [0.1, 0.15) is 6.61 Å². The van der Waals surface area contributed by atoms with E-state index in [1.807, 2.05) is 0 Å². The lowest BCUT2D eigenvalue weighted by Gasteiger charge is -2.09. The molecule has 280 valence electrons. The molecule has 0 unspecified atom stereocenters. The summed E-state index contributed by atoms with van der Waals surface area (Å²) in [4.78, 5) is 21.9. The van der Waals surface area contributed by atoms with Gasteiger partial charge in [-0.3, -0.25) is 9.59 Å². The Morgan fingerprint density at radius 3 is 1.02 bits per heavy atom. The summed E-state index contributed by atoms with van der Waals surface area (Å²) < 4.78 is 54.3. The number of hydrogen-bond acceptors (Lipinski definition) is 12. The number of esters is 1. The van der Waals surface area contributed by atoms with Crippen LogP contribution in [0.15, 0.2) is 0 Å². The quantitative estimate of drug-likeness (QED) is 0.0716. The molecule has 13 heteroatoms. The molecule has 0 aromatic rings. The van der Waals surface area contributed by atoms with Crippen LogP contribution in [0.3, 0.4) is 0 Å². The van der Waals surface area contributed by atoms with E-state index in [0.717, 1.165) is 13.0 Å². The highest BCUT2D eigenvalue weighted by molar-refractivity contribution is 5.69. The molecular formula is C34H66O13. The molecule has 0 aromatic carbocycles. The fraction of sp³-hybridized carbons (Fsp3) is 0.941. The Morgan fingerprint density at radius 2 is 0.660 bits per heavy atom. The summed E-state index contributed by atoms with van der Waals surface area (Å²) in [6, 6.07) is 0. The first-order valence-corrected chi connectivity index (χ1v) is 17.7. The van der Waals surface area contributed by atoms with Gasteiger partial charge in [0.2, 0.25) is 0 Å². The van der Waals surface area contributed by atoms with Crippen LogP contribution in [0.25, 0.3) is 0 Å². The van der Waals surface area contributed by atoms with Crippen LogP contribution >= 0.6 is 0 Å². The van der Waals surface area contributed by atoms with Gasteiger partial charge in [0.05, 0.1) is 112 Å². The van der Waals surface area contributed by atoms with Crippen molar-refractivity contribution in [3.8, 4) is 0 Å². The molecule has 0 bridgehead atoms. The third-order valence-electron chi connectivity index (χ3n) is 6.63. The van der Waals surface area contributed by atoms with Crippen molar-refractivity contribution in [1.82, 2.24) is 0 Å². The maximum Gasteiger partial charge on any atom is 0.305 e. The van der Waals surface area contributed by atoms with Gasteiger partial charge in [0.15, 0.2) is 0 Å². The van der Waals surface area contributed by atoms with Gasteiger partial charge in [-0.15, -0.1) is 0 Å². The van der Waals surface area contributed by atoms with Crippen LogP contribution in [0.5, 0.6) is 0 Å². The third kappa shape index (κ3) is 42.6. The maximum atomic E-state index is 11.5. The predicted molar refractivity (Wildman–Crippen MR) is 177 cm³/mol.